The molecule has 1 unspecified atom stereocenters. The molecule has 0 aliphatic carbocycles. The molecular formula is C23H24N2S. The third kappa shape index (κ3) is 3.73. The Kier molecular flexibility index (Phi) is 5.16. The van der Waals surface area contributed by atoms with Crippen LogP contribution in [-0.4, -0.2) is 18.0 Å². The number of nitrogens with zero attached hydrogens (tertiary/aromatic N) is 2. The predicted molar refractivity (Wildman–Crippen MR) is 112 cm³/mol. The molecule has 0 radical (unpaired) electrons. The van der Waals surface area contributed by atoms with Gasteiger partial charge in [0.15, 0.2) is 0 Å². The van der Waals surface area contributed by atoms with Crippen LogP contribution in [0.4, 0.5) is 11.4 Å². The largest absolute Gasteiger partial charge is 0.354 e. The van der Waals surface area contributed by atoms with Gasteiger partial charge in [0.2, 0.25) is 0 Å². The van der Waals surface area contributed by atoms with Crippen molar-refractivity contribution < 1.29 is 0 Å². The molecule has 0 saturated carbocycles. The molecule has 2 aromatic rings. The molecule has 2 heterocycles. The Labute approximate surface area is 160 Å². The summed E-state index contributed by atoms with van der Waals surface area (Å²) in [4.78, 5) is 7.47. The maximum Gasteiger partial charge on any atom is 0.0552 e. The average molecular weight is 361 g/mol. The van der Waals surface area contributed by atoms with Gasteiger partial charge in [0.1, 0.15) is 0 Å². The van der Waals surface area contributed by atoms with Crippen molar-refractivity contribution in [2.24, 2.45) is 5.92 Å². The Morgan fingerprint density at radius 2 is 1.38 bits per heavy atom. The molecule has 0 saturated heterocycles. The van der Waals surface area contributed by atoms with Crippen molar-refractivity contribution >= 4 is 23.1 Å². The minimum Gasteiger partial charge on any atom is -0.354 e. The first-order chi connectivity index (χ1) is 12.8. The van der Waals surface area contributed by atoms with Crippen LogP contribution in [0.2, 0.25) is 0 Å². The number of fused-ring (bicyclic) bond motifs is 2. The van der Waals surface area contributed by atoms with E-state index in [9.17, 15) is 0 Å². The zero-order valence-electron chi connectivity index (χ0n) is 15.1. The first-order valence-corrected chi connectivity index (χ1v) is 10.0. The van der Waals surface area contributed by atoms with E-state index in [1.54, 1.807) is 0 Å². The minimum atomic E-state index is 0.595. The highest BCUT2D eigenvalue weighted by Crippen LogP contribution is 2.48. The normalized spacial score (nSPS) is 16.2. The van der Waals surface area contributed by atoms with Gasteiger partial charge in [0, 0.05) is 35.3 Å². The van der Waals surface area contributed by atoms with Crippen molar-refractivity contribution in [2.75, 3.05) is 18.0 Å². The zero-order chi connectivity index (χ0) is 17.8. The summed E-state index contributed by atoms with van der Waals surface area (Å²) in [6, 6.07) is 17.5. The van der Waals surface area contributed by atoms with Crippen LogP contribution in [0.25, 0.3) is 0 Å². The first-order valence-electron chi connectivity index (χ1n) is 9.22. The molecule has 1 atom stereocenters. The topological polar surface area (TPSA) is 6.48 Å². The first kappa shape index (κ1) is 17.0. The van der Waals surface area contributed by atoms with Gasteiger partial charge >= 0.3 is 0 Å². The fourth-order valence-electron chi connectivity index (χ4n) is 3.40. The van der Waals surface area contributed by atoms with E-state index in [0.29, 0.717) is 5.92 Å². The summed E-state index contributed by atoms with van der Waals surface area (Å²) in [5.74, 6) is 0.595. The third-order valence-electron chi connectivity index (χ3n) is 4.79. The molecule has 0 N–H and O–H groups in total. The van der Waals surface area contributed by atoms with Gasteiger partial charge in [-0.3, -0.25) is 0 Å². The van der Waals surface area contributed by atoms with Gasteiger partial charge in [0.05, 0.1) is 11.4 Å². The number of allylic oxidation sites excluding steroid dienone is 4. The minimum absolute atomic E-state index is 0.595. The molecule has 2 aliphatic rings. The second-order valence-electron chi connectivity index (χ2n) is 6.85. The van der Waals surface area contributed by atoms with Crippen LogP contribution in [0.5, 0.6) is 0 Å². The van der Waals surface area contributed by atoms with Crippen LogP contribution in [0.3, 0.4) is 0 Å². The predicted octanol–water partition coefficient (Wildman–Crippen LogP) is 6.21. The molecule has 0 amide bonds. The van der Waals surface area contributed by atoms with Crippen molar-refractivity contribution in [3.8, 4) is 0 Å². The van der Waals surface area contributed by atoms with Crippen molar-refractivity contribution in [3.05, 3.63) is 85.2 Å². The molecule has 0 bridgehead atoms. The number of hydrogen-bond acceptors (Lipinski definition) is 3. The SMILES string of the molecule is CC(CCN1C=CC=CC=C1)CN1c2ccccc2Sc2ccccc21. The van der Waals surface area contributed by atoms with E-state index >= 15 is 0 Å². The van der Waals surface area contributed by atoms with Crippen molar-refractivity contribution in [3.63, 3.8) is 0 Å². The van der Waals surface area contributed by atoms with Gasteiger partial charge in [0.25, 0.3) is 0 Å². The van der Waals surface area contributed by atoms with Gasteiger partial charge in [-0.1, -0.05) is 55.1 Å². The standard InChI is InChI=1S/C23H24N2S/c1-19(14-17-24-15-8-2-3-9-16-24)18-25-20-10-4-6-12-22(20)26-23-13-7-5-11-21(23)25/h2-13,15-16,19H,14,17-18H2,1H3. The van der Waals surface area contributed by atoms with Gasteiger partial charge in [-0.25, -0.2) is 0 Å². The molecule has 0 aromatic heterocycles. The molecule has 26 heavy (non-hydrogen) atoms. The lowest BCUT2D eigenvalue weighted by molar-refractivity contribution is 0.423. The lowest BCUT2D eigenvalue weighted by atomic mass is 10.1. The maximum atomic E-state index is 2.50. The van der Waals surface area contributed by atoms with E-state index in [-0.39, 0.29) is 0 Å². The van der Waals surface area contributed by atoms with Crippen molar-refractivity contribution in [1.82, 2.24) is 4.90 Å². The zero-order valence-corrected chi connectivity index (χ0v) is 15.9. The fourth-order valence-corrected chi connectivity index (χ4v) is 4.49. The summed E-state index contributed by atoms with van der Waals surface area (Å²) in [6.45, 7) is 4.44. The van der Waals surface area contributed by atoms with Crippen LogP contribution in [-0.2, 0) is 0 Å². The van der Waals surface area contributed by atoms with Gasteiger partial charge in [-0.2, -0.15) is 0 Å². The van der Waals surface area contributed by atoms with Crippen LogP contribution in [0, 0.1) is 5.92 Å². The van der Waals surface area contributed by atoms with Crippen molar-refractivity contribution in [2.45, 2.75) is 23.1 Å². The number of rotatable bonds is 5. The second kappa shape index (κ2) is 7.88. The molecule has 2 aromatic carbocycles. The van der Waals surface area contributed by atoms with Crippen LogP contribution in [0.15, 0.2) is 95.0 Å². The summed E-state index contributed by atoms with van der Waals surface area (Å²) in [5.41, 5.74) is 2.67. The lowest BCUT2D eigenvalue weighted by Gasteiger charge is -2.34. The van der Waals surface area contributed by atoms with E-state index in [0.717, 1.165) is 19.5 Å². The Balaban J connectivity index is 1.49. The molecule has 2 nitrogen and oxygen atoms in total. The van der Waals surface area contributed by atoms with Crippen LogP contribution >= 0.6 is 11.8 Å². The van der Waals surface area contributed by atoms with Crippen LogP contribution < -0.4 is 4.90 Å². The summed E-state index contributed by atoms with van der Waals surface area (Å²) in [7, 11) is 0. The molecule has 4 rings (SSSR count). The van der Waals surface area contributed by atoms with Gasteiger partial charge < -0.3 is 9.80 Å². The molecule has 3 heteroatoms. The number of anilines is 2. The Morgan fingerprint density at radius 1 is 0.808 bits per heavy atom. The Morgan fingerprint density at radius 3 is 2.00 bits per heavy atom. The maximum absolute atomic E-state index is 2.50. The highest BCUT2D eigenvalue weighted by molar-refractivity contribution is 7.99. The lowest BCUT2D eigenvalue weighted by Crippen LogP contribution is -2.27. The molecule has 132 valence electrons. The average Bonchev–Trinajstić information content (AvgIpc) is 2.95. The summed E-state index contributed by atoms with van der Waals surface area (Å²) >= 11 is 1.88. The Bertz CT molecular complexity index is 791. The third-order valence-corrected chi connectivity index (χ3v) is 5.93. The summed E-state index contributed by atoms with van der Waals surface area (Å²) in [5, 5.41) is 0. The van der Waals surface area contributed by atoms with E-state index in [2.05, 4.69) is 102 Å². The fraction of sp³-hybridized carbons (Fsp3) is 0.217. The molecule has 2 aliphatic heterocycles. The van der Waals surface area contributed by atoms with Gasteiger partial charge in [-0.05, 0) is 48.8 Å². The smallest absolute Gasteiger partial charge is 0.0552 e. The number of hydrogen-bond donors (Lipinski definition) is 0. The summed E-state index contributed by atoms with van der Waals surface area (Å²) < 4.78 is 0. The molecular weight excluding hydrogens is 336 g/mol. The number of benzene rings is 2. The van der Waals surface area contributed by atoms with Crippen molar-refractivity contribution in [1.29, 1.82) is 0 Å². The summed E-state index contributed by atoms with van der Waals surface area (Å²) in [6.07, 6.45) is 13.8. The highest BCUT2D eigenvalue weighted by Gasteiger charge is 2.24. The second-order valence-corrected chi connectivity index (χ2v) is 7.93. The van der Waals surface area contributed by atoms with E-state index in [4.69, 9.17) is 0 Å². The van der Waals surface area contributed by atoms with E-state index in [1.165, 1.54) is 21.2 Å². The van der Waals surface area contributed by atoms with E-state index in [1.807, 2.05) is 11.8 Å². The van der Waals surface area contributed by atoms with E-state index < -0.39 is 0 Å². The highest BCUT2D eigenvalue weighted by atomic mass is 32.2. The molecule has 0 spiro atoms. The van der Waals surface area contributed by atoms with Gasteiger partial charge in [-0.15, -0.1) is 0 Å². The monoisotopic (exact) mass is 360 g/mol. The number of para-hydroxylation sites is 2. The quantitative estimate of drug-likeness (QED) is 0.625. The Hall–Kier alpha value is -2.39. The molecule has 0 fully saturated rings. The van der Waals surface area contributed by atoms with Crippen LogP contribution in [0.1, 0.15) is 13.3 Å².